The number of rotatable bonds is 7. The number of nitrogens with two attached hydrogens (primary N) is 1. The summed E-state index contributed by atoms with van der Waals surface area (Å²) in [7, 11) is 3.14. The number of hydrogen-bond acceptors (Lipinski definition) is 7. The third-order valence-electron chi connectivity index (χ3n) is 3.52. The Morgan fingerprint density at radius 2 is 1.65 bits per heavy atom. The number of amides is 1. The fourth-order valence-electron chi connectivity index (χ4n) is 2.24. The van der Waals surface area contributed by atoms with Gasteiger partial charge in [-0.15, -0.1) is 0 Å². The molecule has 1 aromatic heterocycles. The fraction of sp³-hybridized carbons (Fsp3) is 0.167. The van der Waals surface area contributed by atoms with Gasteiger partial charge in [-0.1, -0.05) is 5.16 Å². The van der Waals surface area contributed by atoms with Crippen LogP contribution in [0.4, 0.5) is 0 Å². The normalized spacial score (nSPS) is 10.4. The van der Waals surface area contributed by atoms with Crippen LogP contribution in [-0.2, 0) is 4.79 Å². The van der Waals surface area contributed by atoms with E-state index in [1.807, 2.05) is 0 Å². The molecule has 0 spiro atoms. The number of methoxy groups -OCH3 is 2. The number of carbonyl (C=O) groups is 1. The summed E-state index contributed by atoms with van der Waals surface area (Å²) in [4.78, 5) is 15.1. The van der Waals surface area contributed by atoms with E-state index < -0.39 is 5.91 Å². The number of ether oxygens (including phenoxy) is 3. The molecule has 0 aliphatic heterocycles. The van der Waals surface area contributed by atoms with Crippen molar-refractivity contribution < 1.29 is 23.5 Å². The molecular weight excluding hydrogens is 338 g/mol. The smallest absolute Gasteiger partial charge is 0.258 e. The van der Waals surface area contributed by atoms with Gasteiger partial charge in [0.25, 0.3) is 11.8 Å². The van der Waals surface area contributed by atoms with Gasteiger partial charge in [0.05, 0.1) is 14.2 Å². The average molecular weight is 355 g/mol. The van der Waals surface area contributed by atoms with Crippen LogP contribution in [0.5, 0.6) is 17.2 Å². The van der Waals surface area contributed by atoms with Crippen LogP contribution in [0.25, 0.3) is 22.8 Å². The largest absolute Gasteiger partial charge is 0.497 e. The summed E-state index contributed by atoms with van der Waals surface area (Å²) in [6.07, 6.45) is 0. The van der Waals surface area contributed by atoms with Gasteiger partial charge in [-0.25, -0.2) is 0 Å². The molecule has 26 heavy (non-hydrogen) atoms. The van der Waals surface area contributed by atoms with Gasteiger partial charge in [0.1, 0.15) is 17.2 Å². The molecule has 0 saturated heterocycles. The summed E-state index contributed by atoms with van der Waals surface area (Å²) >= 11 is 0. The second kappa shape index (κ2) is 7.56. The molecule has 2 aromatic carbocycles. The predicted octanol–water partition coefficient (Wildman–Crippen LogP) is 2.28. The van der Waals surface area contributed by atoms with Crippen molar-refractivity contribution in [2.45, 2.75) is 0 Å². The maximum Gasteiger partial charge on any atom is 0.258 e. The third kappa shape index (κ3) is 3.92. The zero-order valence-electron chi connectivity index (χ0n) is 14.3. The molecule has 0 saturated carbocycles. The van der Waals surface area contributed by atoms with Crippen LogP contribution in [0.15, 0.2) is 47.0 Å². The highest BCUT2D eigenvalue weighted by atomic mass is 16.5. The zero-order chi connectivity index (χ0) is 18.5. The first-order valence-corrected chi connectivity index (χ1v) is 7.67. The third-order valence-corrected chi connectivity index (χ3v) is 3.52. The van der Waals surface area contributed by atoms with E-state index in [1.165, 1.54) is 0 Å². The Balaban J connectivity index is 1.82. The second-order valence-electron chi connectivity index (χ2n) is 5.30. The van der Waals surface area contributed by atoms with Crippen LogP contribution in [0.2, 0.25) is 0 Å². The van der Waals surface area contributed by atoms with Gasteiger partial charge in [-0.2, -0.15) is 4.98 Å². The van der Waals surface area contributed by atoms with Crippen LogP contribution < -0.4 is 19.9 Å². The average Bonchev–Trinajstić information content (AvgIpc) is 3.16. The molecule has 1 heterocycles. The van der Waals surface area contributed by atoms with Gasteiger partial charge in [-0.3, -0.25) is 4.79 Å². The highest BCUT2D eigenvalue weighted by Gasteiger charge is 2.13. The first-order valence-electron chi connectivity index (χ1n) is 7.67. The molecule has 0 aliphatic rings. The Hall–Kier alpha value is -3.55. The SMILES string of the molecule is COc1cc(OC)cc(-c2nc(-c3ccc(OCC(N)=O)cc3)no2)c1. The monoisotopic (exact) mass is 355 g/mol. The maximum atomic E-state index is 10.7. The van der Waals surface area contributed by atoms with Gasteiger partial charge in [0.2, 0.25) is 5.82 Å². The molecule has 134 valence electrons. The minimum Gasteiger partial charge on any atom is -0.497 e. The Morgan fingerprint density at radius 3 is 2.23 bits per heavy atom. The van der Waals surface area contributed by atoms with Gasteiger partial charge in [0, 0.05) is 17.2 Å². The lowest BCUT2D eigenvalue weighted by molar-refractivity contribution is -0.119. The Morgan fingerprint density at radius 1 is 1.00 bits per heavy atom. The van der Waals surface area contributed by atoms with E-state index in [4.69, 9.17) is 24.5 Å². The highest BCUT2D eigenvalue weighted by Crippen LogP contribution is 2.30. The number of carbonyl (C=O) groups excluding carboxylic acids is 1. The molecule has 3 rings (SSSR count). The quantitative estimate of drug-likeness (QED) is 0.692. The number of hydrogen-bond donors (Lipinski definition) is 1. The minimum atomic E-state index is -0.536. The molecule has 2 N–H and O–H groups in total. The van der Waals surface area contributed by atoms with Crippen molar-refractivity contribution in [2.24, 2.45) is 5.73 Å². The summed E-state index contributed by atoms with van der Waals surface area (Å²) in [5, 5.41) is 4.00. The molecule has 8 nitrogen and oxygen atoms in total. The molecule has 8 heteroatoms. The molecule has 0 radical (unpaired) electrons. The summed E-state index contributed by atoms with van der Waals surface area (Å²) < 4.78 is 21.1. The summed E-state index contributed by atoms with van der Waals surface area (Å²) in [5.74, 6) is 1.99. The van der Waals surface area contributed by atoms with Crippen LogP contribution >= 0.6 is 0 Å². The number of primary amides is 1. The van der Waals surface area contributed by atoms with E-state index in [0.717, 1.165) is 5.56 Å². The van der Waals surface area contributed by atoms with Crippen molar-refractivity contribution in [3.8, 4) is 40.1 Å². The molecule has 0 aliphatic carbocycles. The van der Waals surface area contributed by atoms with Crippen LogP contribution in [0.1, 0.15) is 0 Å². The first kappa shape index (κ1) is 17.3. The molecule has 0 atom stereocenters. The van der Waals surface area contributed by atoms with Crippen LogP contribution in [-0.4, -0.2) is 36.9 Å². The molecule has 3 aromatic rings. The number of nitrogens with zero attached hydrogens (tertiary/aromatic N) is 2. The van der Waals surface area contributed by atoms with Crippen molar-refractivity contribution in [1.82, 2.24) is 10.1 Å². The molecule has 0 unspecified atom stereocenters. The zero-order valence-corrected chi connectivity index (χ0v) is 14.3. The number of benzene rings is 2. The van der Waals surface area contributed by atoms with E-state index in [9.17, 15) is 4.79 Å². The predicted molar refractivity (Wildman–Crippen MR) is 93.0 cm³/mol. The highest BCUT2D eigenvalue weighted by molar-refractivity contribution is 5.75. The Kier molecular flexibility index (Phi) is 5.02. The van der Waals surface area contributed by atoms with E-state index in [2.05, 4.69) is 10.1 Å². The topological polar surface area (TPSA) is 110 Å². The van der Waals surface area contributed by atoms with Gasteiger partial charge < -0.3 is 24.5 Å². The van der Waals surface area contributed by atoms with E-state index in [0.29, 0.717) is 34.5 Å². The maximum absolute atomic E-state index is 10.7. The van der Waals surface area contributed by atoms with E-state index >= 15 is 0 Å². The van der Waals surface area contributed by atoms with Gasteiger partial charge in [-0.05, 0) is 36.4 Å². The number of aromatic nitrogens is 2. The summed E-state index contributed by atoms with van der Waals surface area (Å²) in [6.45, 7) is -0.177. The first-order chi connectivity index (χ1) is 12.6. The second-order valence-corrected chi connectivity index (χ2v) is 5.30. The van der Waals surface area contributed by atoms with Crippen molar-refractivity contribution in [3.63, 3.8) is 0 Å². The van der Waals surface area contributed by atoms with Gasteiger partial charge >= 0.3 is 0 Å². The minimum absolute atomic E-state index is 0.177. The van der Waals surface area contributed by atoms with Crippen LogP contribution in [0.3, 0.4) is 0 Å². The van der Waals surface area contributed by atoms with Crippen molar-refractivity contribution in [2.75, 3.05) is 20.8 Å². The summed E-state index contributed by atoms with van der Waals surface area (Å²) in [6, 6.07) is 12.2. The fourth-order valence-corrected chi connectivity index (χ4v) is 2.24. The van der Waals surface area contributed by atoms with E-state index in [-0.39, 0.29) is 6.61 Å². The van der Waals surface area contributed by atoms with Gasteiger partial charge in [0.15, 0.2) is 6.61 Å². The van der Waals surface area contributed by atoms with Crippen molar-refractivity contribution in [3.05, 3.63) is 42.5 Å². The van der Waals surface area contributed by atoms with E-state index in [1.54, 1.807) is 56.7 Å². The van der Waals surface area contributed by atoms with Crippen LogP contribution in [0, 0.1) is 0 Å². The molecule has 0 bridgehead atoms. The molecule has 1 amide bonds. The van der Waals surface area contributed by atoms with Crippen molar-refractivity contribution in [1.29, 1.82) is 0 Å². The van der Waals surface area contributed by atoms with Crippen molar-refractivity contribution >= 4 is 5.91 Å². The Bertz CT molecular complexity index is 883. The summed E-state index contributed by atoms with van der Waals surface area (Å²) in [5.41, 5.74) is 6.47. The lowest BCUT2D eigenvalue weighted by Gasteiger charge is -2.05. The Labute approximate surface area is 149 Å². The molecule has 0 fully saturated rings. The standard InChI is InChI=1S/C18H17N3O5/c1-23-14-7-12(8-15(9-14)24-2)18-20-17(21-26-18)11-3-5-13(6-4-11)25-10-16(19)22/h3-9H,10H2,1-2H3,(H2,19,22). The lowest BCUT2D eigenvalue weighted by Crippen LogP contribution is -2.19. The lowest BCUT2D eigenvalue weighted by atomic mass is 10.2. The molecular formula is C18H17N3O5.